The van der Waals surface area contributed by atoms with E-state index in [0.29, 0.717) is 12.0 Å². The Bertz CT molecular complexity index is 451. The van der Waals surface area contributed by atoms with Crippen LogP contribution in [0.2, 0.25) is 0 Å². The van der Waals surface area contributed by atoms with Gasteiger partial charge in [0.15, 0.2) is 0 Å². The summed E-state index contributed by atoms with van der Waals surface area (Å²) in [6.45, 7) is 8.07. The molecule has 0 saturated carbocycles. The number of rotatable bonds is 4. The first-order valence-corrected chi connectivity index (χ1v) is 6.87. The number of ketones is 1. The van der Waals surface area contributed by atoms with Crippen LogP contribution in [0.3, 0.4) is 0 Å². The first-order chi connectivity index (χ1) is 8.31. The molecule has 0 fully saturated rings. The number of hydrogen-bond donors (Lipinski definition) is 0. The number of carbonyl (C=O) groups excluding carboxylic acids is 1. The molecule has 1 aromatic carbocycles. The van der Waals surface area contributed by atoms with Crippen molar-refractivity contribution in [2.75, 3.05) is 0 Å². The largest absolute Gasteiger partial charge is 0.300 e. The molecule has 0 aliphatic heterocycles. The smallest absolute Gasteiger partial charge is 0.131 e. The fourth-order valence-corrected chi connectivity index (χ4v) is 3.15. The van der Waals surface area contributed by atoms with E-state index in [9.17, 15) is 4.79 Å². The molecule has 0 aliphatic rings. The summed E-state index contributed by atoms with van der Waals surface area (Å²) in [6.07, 6.45) is 0.536. The lowest BCUT2D eigenvalue weighted by atomic mass is 10.1. The number of thioether (sulfide) groups is 1. The molecular weight excluding hydrogens is 242 g/mol. The van der Waals surface area contributed by atoms with Gasteiger partial charge < -0.3 is 0 Å². The molecule has 0 N–H and O–H groups in total. The summed E-state index contributed by atoms with van der Waals surface area (Å²) in [5.74, 6) is 0.195. The van der Waals surface area contributed by atoms with Crippen LogP contribution in [0.1, 0.15) is 50.5 Å². The Morgan fingerprint density at radius 2 is 1.89 bits per heavy atom. The number of carbonyl (C=O) groups is 1. The second-order valence-corrected chi connectivity index (χ2v) is 7.39. The van der Waals surface area contributed by atoms with Crippen molar-refractivity contribution in [3.8, 4) is 6.07 Å². The Morgan fingerprint density at radius 1 is 1.33 bits per heavy atom. The fourth-order valence-electron chi connectivity index (χ4n) is 1.69. The topological polar surface area (TPSA) is 40.9 Å². The SMILES string of the molecule is CC(=O)C[C@@H](SC(C)(C)C)c1ccc(C#N)cc1. The van der Waals surface area contributed by atoms with Crippen molar-refractivity contribution < 1.29 is 4.79 Å². The van der Waals surface area contributed by atoms with E-state index in [-0.39, 0.29) is 15.8 Å². The molecule has 0 bridgehead atoms. The lowest BCUT2D eigenvalue weighted by molar-refractivity contribution is -0.117. The van der Waals surface area contributed by atoms with Crippen LogP contribution in [0.5, 0.6) is 0 Å². The van der Waals surface area contributed by atoms with Crippen LogP contribution >= 0.6 is 11.8 Å². The summed E-state index contributed by atoms with van der Waals surface area (Å²) in [5, 5.41) is 8.95. The highest BCUT2D eigenvalue weighted by molar-refractivity contribution is 8.00. The van der Waals surface area contributed by atoms with E-state index >= 15 is 0 Å². The number of hydrogen-bond acceptors (Lipinski definition) is 3. The van der Waals surface area contributed by atoms with Gasteiger partial charge in [-0.2, -0.15) is 5.26 Å². The van der Waals surface area contributed by atoms with Gasteiger partial charge in [-0.1, -0.05) is 32.9 Å². The lowest BCUT2D eigenvalue weighted by Gasteiger charge is -2.25. The molecule has 1 rings (SSSR count). The van der Waals surface area contributed by atoms with Crippen LogP contribution < -0.4 is 0 Å². The number of nitriles is 1. The van der Waals surface area contributed by atoms with Crippen molar-refractivity contribution in [1.29, 1.82) is 5.26 Å². The Balaban J connectivity index is 2.94. The van der Waals surface area contributed by atoms with E-state index in [1.807, 2.05) is 24.3 Å². The lowest BCUT2D eigenvalue weighted by Crippen LogP contribution is -2.13. The molecule has 0 aliphatic carbocycles. The van der Waals surface area contributed by atoms with Crippen LogP contribution in [-0.2, 0) is 4.79 Å². The van der Waals surface area contributed by atoms with E-state index in [0.717, 1.165) is 5.56 Å². The van der Waals surface area contributed by atoms with E-state index in [2.05, 4.69) is 26.8 Å². The minimum atomic E-state index is 0.105. The van der Waals surface area contributed by atoms with Gasteiger partial charge in [-0.25, -0.2) is 0 Å². The predicted octanol–water partition coefficient (Wildman–Crippen LogP) is 4.11. The zero-order chi connectivity index (χ0) is 13.8. The third-order valence-electron chi connectivity index (χ3n) is 2.38. The van der Waals surface area contributed by atoms with Crippen molar-refractivity contribution in [3.63, 3.8) is 0 Å². The summed E-state index contributed by atoms with van der Waals surface area (Å²) in [4.78, 5) is 11.4. The first-order valence-electron chi connectivity index (χ1n) is 5.99. The van der Waals surface area contributed by atoms with Crippen molar-refractivity contribution in [3.05, 3.63) is 35.4 Å². The van der Waals surface area contributed by atoms with Gasteiger partial charge in [0.25, 0.3) is 0 Å². The molecule has 0 aromatic heterocycles. The molecule has 18 heavy (non-hydrogen) atoms. The summed E-state index contributed by atoms with van der Waals surface area (Å²) in [6, 6.07) is 9.63. The van der Waals surface area contributed by atoms with Crippen molar-refractivity contribution >= 4 is 17.5 Å². The monoisotopic (exact) mass is 261 g/mol. The molecule has 0 heterocycles. The quantitative estimate of drug-likeness (QED) is 0.819. The van der Waals surface area contributed by atoms with Gasteiger partial charge >= 0.3 is 0 Å². The van der Waals surface area contributed by atoms with Crippen LogP contribution in [-0.4, -0.2) is 10.5 Å². The fraction of sp³-hybridized carbons (Fsp3) is 0.467. The van der Waals surface area contributed by atoms with Crippen molar-refractivity contribution in [1.82, 2.24) is 0 Å². The average molecular weight is 261 g/mol. The average Bonchev–Trinajstić information content (AvgIpc) is 2.26. The van der Waals surface area contributed by atoms with Gasteiger partial charge in [0.2, 0.25) is 0 Å². The first kappa shape index (κ1) is 14.8. The Labute approximate surface area is 113 Å². The standard InChI is InChI=1S/C15H19NOS/c1-11(17)9-14(18-15(2,3)4)13-7-5-12(10-16)6-8-13/h5-8,14H,9H2,1-4H3/t14-/m1/s1. The molecular formula is C15H19NOS. The Hall–Kier alpha value is -1.27. The minimum Gasteiger partial charge on any atom is -0.300 e. The zero-order valence-corrected chi connectivity index (χ0v) is 12.2. The van der Waals surface area contributed by atoms with Crippen molar-refractivity contribution in [2.45, 2.75) is 44.1 Å². The van der Waals surface area contributed by atoms with Crippen LogP contribution in [0.4, 0.5) is 0 Å². The molecule has 0 saturated heterocycles. The van der Waals surface area contributed by atoms with E-state index in [4.69, 9.17) is 5.26 Å². The van der Waals surface area contributed by atoms with E-state index < -0.39 is 0 Å². The van der Waals surface area contributed by atoms with Gasteiger partial charge in [0.05, 0.1) is 11.6 Å². The molecule has 1 aromatic rings. The third kappa shape index (κ3) is 4.93. The number of benzene rings is 1. The molecule has 0 unspecified atom stereocenters. The Morgan fingerprint density at radius 3 is 2.28 bits per heavy atom. The molecule has 0 spiro atoms. The molecule has 3 heteroatoms. The second kappa shape index (κ2) is 6.06. The maximum Gasteiger partial charge on any atom is 0.131 e. The van der Waals surface area contributed by atoms with Crippen LogP contribution in [0.15, 0.2) is 24.3 Å². The van der Waals surface area contributed by atoms with Gasteiger partial charge in [-0.05, 0) is 24.6 Å². The third-order valence-corrected chi connectivity index (χ3v) is 3.81. The molecule has 1 atom stereocenters. The predicted molar refractivity (Wildman–Crippen MR) is 76.5 cm³/mol. The van der Waals surface area contributed by atoms with Gasteiger partial charge in [-0.15, -0.1) is 11.8 Å². The minimum absolute atomic E-state index is 0.105. The summed E-state index contributed by atoms with van der Waals surface area (Å²) in [5.41, 5.74) is 1.77. The molecule has 96 valence electrons. The second-order valence-electron chi connectivity index (χ2n) is 5.36. The van der Waals surface area contributed by atoms with E-state index in [1.165, 1.54) is 0 Å². The number of nitrogens with zero attached hydrogens (tertiary/aromatic N) is 1. The normalized spacial score (nSPS) is 12.8. The highest BCUT2D eigenvalue weighted by atomic mass is 32.2. The van der Waals surface area contributed by atoms with Gasteiger partial charge in [0, 0.05) is 16.4 Å². The Kier molecular flexibility index (Phi) is 4.98. The van der Waals surface area contributed by atoms with Crippen LogP contribution in [0, 0.1) is 11.3 Å². The van der Waals surface area contributed by atoms with Crippen molar-refractivity contribution in [2.24, 2.45) is 0 Å². The summed E-state index contributed by atoms with van der Waals surface area (Å²) >= 11 is 1.79. The molecule has 0 radical (unpaired) electrons. The van der Waals surface area contributed by atoms with E-state index in [1.54, 1.807) is 18.7 Å². The highest BCUT2D eigenvalue weighted by Crippen LogP contribution is 2.40. The highest BCUT2D eigenvalue weighted by Gasteiger charge is 2.22. The van der Waals surface area contributed by atoms with Gasteiger partial charge in [-0.3, -0.25) is 4.79 Å². The van der Waals surface area contributed by atoms with Crippen LogP contribution in [0.25, 0.3) is 0 Å². The summed E-state index contributed by atoms with van der Waals surface area (Å²) in [7, 11) is 0. The number of Topliss-reactive ketones (excluding diaryl/α,β-unsaturated/α-hetero) is 1. The molecule has 0 amide bonds. The van der Waals surface area contributed by atoms with Gasteiger partial charge in [0.1, 0.15) is 5.78 Å². The maximum absolute atomic E-state index is 11.4. The maximum atomic E-state index is 11.4. The zero-order valence-electron chi connectivity index (χ0n) is 11.4. The summed E-state index contributed by atoms with van der Waals surface area (Å²) < 4.78 is 0.105. The molecule has 2 nitrogen and oxygen atoms in total.